The maximum atomic E-state index is 5.96. The van der Waals surface area contributed by atoms with Gasteiger partial charge in [0, 0.05) is 6.54 Å². The molecule has 2 aliphatic rings. The molecule has 1 saturated heterocycles. The van der Waals surface area contributed by atoms with Gasteiger partial charge in [-0.1, -0.05) is 12.8 Å². The molecular weight excluding hydrogens is 264 g/mol. The Labute approximate surface area is 115 Å². The lowest BCUT2D eigenvalue weighted by molar-refractivity contribution is 0.539. The van der Waals surface area contributed by atoms with E-state index in [2.05, 4.69) is 25.1 Å². The maximum Gasteiger partial charge on any atom is 0.224 e. The van der Waals surface area contributed by atoms with Gasteiger partial charge in [-0.3, -0.25) is 4.57 Å². The van der Waals surface area contributed by atoms with Crippen molar-refractivity contribution in [2.24, 2.45) is 0 Å². The second kappa shape index (κ2) is 4.16. The van der Waals surface area contributed by atoms with Gasteiger partial charge in [0.2, 0.25) is 5.28 Å². The van der Waals surface area contributed by atoms with Crippen LogP contribution in [0, 0.1) is 0 Å². The first-order valence-corrected chi connectivity index (χ1v) is 6.92. The van der Waals surface area contributed by atoms with Gasteiger partial charge in [-0.05, 0) is 24.4 Å². The molecule has 2 aliphatic heterocycles. The van der Waals surface area contributed by atoms with Crippen LogP contribution < -0.4 is 4.90 Å². The fraction of sp³-hybridized carbons (Fsp3) is 0.500. The largest absolute Gasteiger partial charge is 0.344 e. The van der Waals surface area contributed by atoms with Crippen LogP contribution in [0.15, 0.2) is 12.5 Å². The van der Waals surface area contributed by atoms with Crippen molar-refractivity contribution in [1.29, 1.82) is 0 Å². The van der Waals surface area contributed by atoms with E-state index in [9.17, 15) is 0 Å². The minimum absolute atomic E-state index is 0.253. The first kappa shape index (κ1) is 11.2. The summed E-state index contributed by atoms with van der Waals surface area (Å²) in [4.78, 5) is 10.8. The molecule has 0 aromatic carbocycles. The van der Waals surface area contributed by atoms with Crippen LogP contribution in [0.25, 0.3) is 5.69 Å². The van der Waals surface area contributed by atoms with Crippen molar-refractivity contribution in [3.8, 4) is 5.69 Å². The topological polar surface area (TPSA) is 59.7 Å². The summed E-state index contributed by atoms with van der Waals surface area (Å²) in [6, 6.07) is 0.253. The SMILES string of the molecule is Clc1ncc2c(n1)N1CCCCCC1c1nncn1-2. The van der Waals surface area contributed by atoms with E-state index in [0.29, 0.717) is 5.28 Å². The molecule has 0 bridgehead atoms. The summed E-state index contributed by atoms with van der Waals surface area (Å²) in [6.45, 7) is 0.984. The molecule has 19 heavy (non-hydrogen) atoms. The van der Waals surface area contributed by atoms with Crippen molar-refractivity contribution < 1.29 is 0 Å². The summed E-state index contributed by atoms with van der Waals surface area (Å²) in [5, 5.41) is 8.62. The Morgan fingerprint density at radius 3 is 3.16 bits per heavy atom. The van der Waals surface area contributed by atoms with Gasteiger partial charge >= 0.3 is 0 Å². The molecule has 0 radical (unpaired) electrons. The lowest BCUT2D eigenvalue weighted by atomic mass is 10.1. The lowest BCUT2D eigenvalue weighted by Gasteiger charge is -2.35. The molecule has 7 heteroatoms. The molecule has 4 rings (SSSR count). The zero-order chi connectivity index (χ0) is 12.8. The van der Waals surface area contributed by atoms with E-state index in [1.54, 1.807) is 12.5 Å². The molecule has 1 atom stereocenters. The lowest BCUT2D eigenvalue weighted by Crippen LogP contribution is -2.35. The standard InChI is InChI=1S/C12H13ClN6/c13-12-14-6-9-10(16-12)18-5-3-1-2-4-8(18)11-17-15-7-19(9)11/h6-8H,1-5H2. The highest BCUT2D eigenvalue weighted by molar-refractivity contribution is 6.28. The molecule has 2 aromatic rings. The maximum absolute atomic E-state index is 5.96. The molecular formula is C12H13ClN6. The average Bonchev–Trinajstić information content (AvgIpc) is 2.77. The number of nitrogens with zero attached hydrogens (tertiary/aromatic N) is 6. The Hall–Kier alpha value is -1.69. The molecule has 0 saturated carbocycles. The number of rotatable bonds is 0. The summed E-state index contributed by atoms with van der Waals surface area (Å²) < 4.78 is 1.98. The van der Waals surface area contributed by atoms with Gasteiger partial charge in [-0.15, -0.1) is 10.2 Å². The van der Waals surface area contributed by atoms with E-state index in [1.807, 2.05) is 4.57 Å². The molecule has 0 aliphatic carbocycles. The smallest absolute Gasteiger partial charge is 0.224 e. The van der Waals surface area contributed by atoms with Crippen molar-refractivity contribution in [2.45, 2.75) is 31.7 Å². The van der Waals surface area contributed by atoms with Crippen LogP contribution in [-0.4, -0.2) is 31.3 Å². The first-order valence-electron chi connectivity index (χ1n) is 6.54. The van der Waals surface area contributed by atoms with E-state index in [4.69, 9.17) is 11.6 Å². The van der Waals surface area contributed by atoms with Crippen LogP contribution in [0.1, 0.15) is 37.5 Å². The number of aromatic nitrogens is 5. The summed E-state index contributed by atoms with van der Waals surface area (Å²) >= 11 is 5.96. The minimum atomic E-state index is 0.253. The number of hydrogen-bond acceptors (Lipinski definition) is 5. The van der Waals surface area contributed by atoms with E-state index in [0.717, 1.165) is 30.3 Å². The Kier molecular flexibility index (Phi) is 2.44. The summed E-state index contributed by atoms with van der Waals surface area (Å²) in [7, 11) is 0. The van der Waals surface area contributed by atoms with E-state index < -0.39 is 0 Å². The van der Waals surface area contributed by atoms with Gasteiger partial charge in [0.05, 0.1) is 12.2 Å². The number of anilines is 1. The van der Waals surface area contributed by atoms with E-state index >= 15 is 0 Å². The average molecular weight is 277 g/mol. The van der Waals surface area contributed by atoms with Gasteiger partial charge < -0.3 is 4.90 Å². The summed E-state index contributed by atoms with van der Waals surface area (Å²) in [5.41, 5.74) is 0.919. The third-order valence-corrected chi connectivity index (χ3v) is 4.06. The van der Waals surface area contributed by atoms with Crippen molar-refractivity contribution in [1.82, 2.24) is 24.7 Å². The first-order chi connectivity index (χ1) is 9.34. The highest BCUT2D eigenvalue weighted by atomic mass is 35.5. The van der Waals surface area contributed by atoms with Gasteiger partial charge in [0.25, 0.3) is 0 Å². The van der Waals surface area contributed by atoms with E-state index in [-0.39, 0.29) is 6.04 Å². The normalized spacial score (nSPS) is 21.3. The van der Waals surface area contributed by atoms with Crippen LogP contribution in [0.5, 0.6) is 0 Å². The second-order valence-corrected chi connectivity index (χ2v) is 5.30. The van der Waals surface area contributed by atoms with E-state index in [1.165, 1.54) is 19.3 Å². The van der Waals surface area contributed by atoms with Crippen LogP contribution in [0.4, 0.5) is 5.82 Å². The Balaban J connectivity index is 1.95. The molecule has 0 N–H and O–H groups in total. The fourth-order valence-electron chi connectivity index (χ4n) is 3.01. The van der Waals surface area contributed by atoms with Crippen molar-refractivity contribution in [2.75, 3.05) is 11.4 Å². The molecule has 1 unspecified atom stereocenters. The Morgan fingerprint density at radius 1 is 1.26 bits per heavy atom. The van der Waals surface area contributed by atoms with Gasteiger partial charge in [-0.2, -0.15) is 4.98 Å². The minimum Gasteiger partial charge on any atom is -0.344 e. The van der Waals surface area contributed by atoms with Crippen LogP contribution in [-0.2, 0) is 0 Å². The monoisotopic (exact) mass is 276 g/mol. The predicted octanol–water partition coefficient (Wildman–Crippen LogP) is 2.15. The highest BCUT2D eigenvalue weighted by Gasteiger charge is 2.34. The molecule has 0 spiro atoms. The van der Waals surface area contributed by atoms with Crippen LogP contribution in [0.2, 0.25) is 5.28 Å². The quantitative estimate of drug-likeness (QED) is 0.690. The van der Waals surface area contributed by atoms with Crippen molar-refractivity contribution in [3.05, 3.63) is 23.6 Å². The Bertz CT molecular complexity index is 624. The van der Waals surface area contributed by atoms with Crippen LogP contribution in [0.3, 0.4) is 0 Å². The van der Waals surface area contributed by atoms with Gasteiger partial charge in [0.15, 0.2) is 11.6 Å². The Morgan fingerprint density at radius 2 is 2.21 bits per heavy atom. The third kappa shape index (κ3) is 1.63. The molecule has 4 heterocycles. The number of fused-ring (bicyclic) bond motifs is 6. The van der Waals surface area contributed by atoms with Gasteiger partial charge in [-0.25, -0.2) is 4.98 Å². The highest BCUT2D eigenvalue weighted by Crippen LogP contribution is 2.40. The molecule has 2 aromatic heterocycles. The molecule has 0 amide bonds. The summed E-state index contributed by atoms with van der Waals surface area (Å²) in [6.07, 6.45) is 8.19. The van der Waals surface area contributed by atoms with Crippen LogP contribution >= 0.6 is 11.6 Å². The van der Waals surface area contributed by atoms with Gasteiger partial charge in [0.1, 0.15) is 12.0 Å². The number of hydrogen-bond donors (Lipinski definition) is 0. The third-order valence-electron chi connectivity index (χ3n) is 3.88. The fourth-order valence-corrected chi connectivity index (χ4v) is 3.14. The van der Waals surface area contributed by atoms with Crippen molar-refractivity contribution >= 4 is 17.4 Å². The number of halogens is 1. The molecule has 1 fully saturated rings. The molecule has 98 valence electrons. The predicted molar refractivity (Wildman–Crippen MR) is 70.5 cm³/mol. The summed E-state index contributed by atoms with van der Waals surface area (Å²) in [5.74, 6) is 1.89. The van der Waals surface area contributed by atoms with Crippen molar-refractivity contribution in [3.63, 3.8) is 0 Å². The zero-order valence-electron chi connectivity index (χ0n) is 10.3. The zero-order valence-corrected chi connectivity index (χ0v) is 11.1. The second-order valence-electron chi connectivity index (χ2n) is 4.97. The molecule has 6 nitrogen and oxygen atoms in total.